The van der Waals surface area contributed by atoms with E-state index in [2.05, 4.69) is 22.3 Å². The van der Waals surface area contributed by atoms with Gasteiger partial charge in [-0.2, -0.15) is 0 Å². The van der Waals surface area contributed by atoms with Crippen LogP contribution >= 0.6 is 0 Å². The Labute approximate surface area is 137 Å². The summed E-state index contributed by atoms with van der Waals surface area (Å²) in [6.07, 6.45) is 4.26. The lowest BCUT2D eigenvalue weighted by atomic mass is 9.97. The summed E-state index contributed by atoms with van der Waals surface area (Å²) in [6.45, 7) is 5.11. The summed E-state index contributed by atoms with van der Waals surface area (Å²) < 4.78 is 0. The van der Waals surface area contributed by atoms with Gasteiger partial charge in [0, 0.05) is 44.5 Å². The minimum atomic E-state index is -0.106. The minimum absolute atomic E-state index is 0.0184. The van der Waals surface area contributed by atoms with Gasteiger partial charge in [0.2, 0.25) is 11.8 Å². The minimum Gasteiger partial charge on any atom is -0.372 e. The van der Waals surface area contributed by atoms with E-state index >= 15 is 0 Å². The number of likely N-dealkylation sites (tertiary alicyclic amines) is 1. The topological polar surface area (TPSA) is 52.7 Å². The molecule has 0 bridgehead atoms. The van der Waals surface area contributed by atoms with Gasteiger partial charge in [0.1, 0.15) is 0 Å². The Hall–Kier alpha value is -2.04. The standard InChI is InChI=1S/C18H25N3O2/c1-14(22)21-12-4-5-15(13-21)18(23)19-16-6-8-17(9-7-16)20-10-2-3-11-20/h6-9,15H,2-5,10-13H2,1H3,(H,19,23). The van der Waals surface area contributed by atoms with Crippen molar-refractivity contribution in [2.45, 2.75) is 32.6 Å². The van der Waals surface area contributed by atoms with Gasteiger partial charge >= 0.3 is 0 Å². The van der Waals surface area contributed by atoms with Crippen molar-refractivity contribution in [3.63, 3.8) is 0 Å². The number of piperidine rings is 1. The SMILES string of the molecule is CC(=O)N1CCCC(C(=O)Nc2ccc(N3CCCC3)cc2)C1. The number of nitrogens with one attached hydrogen (secondary N) is 1. The third-order valence-electron chi connectivity index (χ3n) is 4.84. The molecule has 2 fully saturated rings. The summed E-state index contributed by atoms with van der Waals surface area (Å²) in [7, 11) is 0. The van der Waals surface area contributed by atoms with E-state index in [0.29, 0.717) is 6.54 Å². The largest absolute Gasteiger partial charge is 0.372 e. The van der Waals surface area contributed by atoms with E-state index in [4.69, 9.17) is 0 Å². The number of hydrogen-bond acceptors (Lipinski definition) is 3. The predicted octanol–water partition coefficient (Wildman–Crippen LogP) is 2.48. The van der Waals surface area contributed by atoms with Crippen LogP contribution in [0.5, 0.6) is 0 Å². The number of rotatable bonds is 3. The van der Waals surface area contributed by atoms with Gasteiger partial charge in [0.15, 0.2) is 0 Å². The van der Waals surface area contributed by atoms with Gasteiger partial charge in [-0.25, -0.2) is 0 Å². The Morgan fingerprint density at radius 1 is 1.04 bits per heavy atom. The fourth-order valence-corrected chi connectivity index (χ4v) is 3.45. The van der Waals surface area contributed by atoms with Crippen LogP contribution in [0.2, 0.25) is 0 Å². The zero-order valence-corrected chi connectivity index (χ0v) is 13.8. The lowest BCUT2D eigenvalue weighted by Gasteiger charge is -2.31. The van der Waals surface area contributed by atoms with Crippen molar-refractivity contribution in [3.8, 4) is 0 Å². The van der Waals surface area contributed by atoms with E-state index < -0.39 is 0 Å². The molecule has 1 N–H and O–H groups in total. The second-order valence-corrected chi connectivity index (χ2v) is 6.53. The second-order valence-electron chi connectivity index (χ2n) is 6.53. The zero-order chi connectivity index (χ0) is 16.2. The van der Waals surface area contributed by atoms with Crippen molar-refractivity contribution in [2.24, 2.45) is 5.92 Å². The number of benzene rings is 1. The molecular formula is C18H25N3O2. The van der Waals surface area contributed by atoms with Gasteiger partial charge in [-0.05, 0) is 49.9 Å². The van der Waals surface area contributed by atoms with E-state index in [-0.39, 0.29) is 17.7 Å². The van der Waals surface area contributed by atoms with Crippen LogP contribution in [0.1, 0.15) is 32.6 Å². The molecule has 23 heavy (non-hydrogen) atoms. The summed E-state index contributed by atoms with van der Waals surface area (Å²) >= 11 is 0. The smallest absolute Gasteiger partial charge is 0.229 e. The van der Waals surface area contributed by atoms with Crippen LogP contribution in [-0.2, 0) is 9.59 Å². The van der Waals surface area contributed by atoms with Crippen molar-refractivity contribution in [1.82, 2.24) is 4.90 Å². The third kappa shape index (κ3) is 3.84. The summed E-state index contributed by atoms with van der Waals surface area (Å²) in [5.41, 5.74) is 2.05. The summed E-state index contributed by atoms with van der Waals surface area (Å²) in [5, 5.41) is 2.99. The summed E-state index contributed by atoms with van der Waals surface area (Å²) in [4.78, 5) is 28.0. The molecule has 2 saturated heterocycles. The molecule has 5 nitrogen and oxygen atoms in total. The molecule has 0 aromatic heterocycles. The molecule has 2 amide bonds. The fourth-order valence-electron chi connectivity index (χ4n) is 3.45. The van der Waals surface area contributed by atoms with Crippen LogP contribution in [0.15, 0.2) is 24.3 Å². The highest BCUT2D eigenvalue weighted by Gasteiger charge is 2.27. The number of hydrogen-bond donors (Lipinski definition) is 1. The molecule has 2 heterocycles. The molecule has 124 valence electrons. The van der Waals surface area contributed by atoms with Crippen LogP contribution in [0.4, 0.5) is 11.4 Å². The lowest BCUT2D eigenvalue weighted by Crippen LogP contribution is -2.42. The number of carbonyl (C=O) groups is 2. The quantitative estimate of drug-likeness (QED) is 0.932. The zero-order valence-electron chi connectivity index (χ0n) is 13.8. The highest BCUT2D eigenvalue weighted by molar-refractivity contribution is 5.93. The molecule has 0 saturated carbocycles. The van der Waals surface area contributed by atoms with Crippen LogP contribution in [-0.4, -0.2) is 42.9 Å². The number of nitrogens with zero attached hydrogens (tertiary/aromatic N) is 2. The average Bonchev–Trinajstić information content (AvgIpc) is 3.10. The second kappa shape index (κ2) is 7.02. The maximum atomic E-state index is 12.4. The highest BCUT2D eigenvalue weighted by atomic mass is 16.2. The third-order valence-corrected chi connectivity index (χ3v) is 4.84. The molecule has 0 radical (unpaired) electrons. The first-order chi connectivity index (χ1) is 11.1. The van der Waals surface area contributed by atoms with E-state index in [1.54, 1.807) is 11.8 Å². The Morgan fingerprint density at radius 3 is 2.39 bits per heavy atom. The average molecular weight is 315 g/mol. The van der Waals surface area contributed by atoms with Gasteiger partial charge in [0.25, 0.3) is 0 Å². The number of carbonyl (C=O) groups excluding carboxylic acids is 2. The van der Waals surface area contributed by atoms with Gasteiger partial charge in [-0.15, -0.1) is 0 Å². The van der Waals surface area contributed by atoms with Crippen LogP contribution in [0.25, 0.3) is 0 Å². The molecule has 1 atom stereocenters. The molecule has 5 heteroatoms. The molecule has 2 aliphatic heterocycles. The highest BCUT2D eigenvalue weighted by Crippen LogP contribution is 2.23. The Morgan fingerprint density at radius 2 is 1.74 bits per heavy atom. The lowest BCUT2D eigenvalue weighted by molar-refractivity contribution is -0.132. The van der Waals surface area contributed by atoms with E-state index in [1.807, 2.05) is 12.1 Å². The summed E-state index contributed by atoms with van der Waals surface area (Å²) in [5.74, 6) is -0.0340. The van der Waals surface area contributed by atoms with Gasteiger partial charge < -0.3 is 15.1 Å². The number of anilines is 2. The van der Waals surface area contributed by atoms with Gasteiger partial charge in [-0.1, -0.05) is 0 Å². The maximum Gasteiger partial charge on any atom is 0.229 e. The van der Waals surface area contributed by atoms with Crippen LogP contribution < -0.4 is 10.2 Å². The molecule has 1 unspecified atom stereocenters. The van der Waals surface area contributed by atoms with Crippen molar-refractivity contribution < 1.29 is 9.59 Å². The van der Waals surface area contributed by atoms with Crippen LogP contribution in [0.3, 0.4) is 0 Å². The molecule has 0 spiro atoms. The van der Waals surface area contributed by atoms with Crippen molar-refractivity contribution in [1.29, 1.82) is 0 Å². The van der Waals surface area contributed by atoms with Crippen molar-refractivity contribution >= 4 is 23.2 Å². The molecule has 1 aromatic rings. The van der Waals surface area contributed by atoms with Crippen LogP contribution in [0, 0.1) is 5.92 Å². The fraction of sp³-hybridized carbons (Fsp3) is 0.556. The van der Waals surface area contributed by atoms with Crippen molar-refractivity contribution in [3.05, 3.63) is 24.3 Å². The maximum absolute atomic E-state index is 12.4. The normalized spacial score (nSPS) is 21.3. The Bertz CT molecular complexity index is 564. The molecule has 3 rings (SSSR count). The molecule has 2 aliphatic rings. The van der Waals surface area contributed by atoms with E-state index in [1.165, 1.54) is 18.5 Å². The Balaban J connectivity index is 1.57. The Kier molecular flexibility index (Phi) is 4.84. The first-order valence-corrected chi connectivity index (χ1v) is 8.55. The molecular weight excluding hydrogens is 290 g/mol. The number of amides is 2. The first-order valence-electron chi connectivity index (χ1n) is 8.55. The van der Waals surface area contributed by atoms with Crippen molar-refractivity contribution in [2.75, 3.05) is 36.4 Å². The predicted molar refractivity (Wildman–Crippen MR) is 91.5 cm³/mol. The van der Waals surface area contributed by atoms with Gasteiger partial charge in [0.05, 0.1) is 5.92 Å². The first kappa shape index (κ1) is 15.8. The van der Waals surface area contributed by atoms with E-state index in [9.17, 15) is 9.59 Å². The van der Waals surface area contributed by atoms with E-state index in [0.717, 1.165) is 38.2 Å². The summed E-state index contributed by atoms with van der Waals surface area (Å²) in [6, 6.07) is 8.08. The monoisotopic (exact) mass is 315 g/mol. The molecule has 0 aliphatic carbocycles. The molecule has 1 aromatic carbocycles. The van der Waals surface area contributed by atoms with Gasteiger partial charge in [-0.3, -0.25) is 9.59 Å².